The van der Waals surface area contributed by atoms with E-state index >= 15 is 0 Å². The monoisotopic (exact) mass is 658 g/mol. The molecule has 0 aromatic heterocycles. The van der Waals surface area contributed by atoms with Gasteiger partial charge >= 0.3 is 12.1 Å². The first-order valence-electron chi connectivity index (χ1n) is 15.1. The highest BCUT2D eigenvalue weighted by atomic mass is 28.2. The van der Waals surface area contributed by atoms with Crippen LogP contribution in [0.1, 0.15) is 46.0 Å². The van der Waals surface area contributed by atoms with Crippen LogP contribution in [-0.2, 0) is 47.4 Å². The average molecular weight is 659 g/mol. The van der Waals surface area contributed by atoms with Crippen molar-refractivity contribution < 1.29 is 52.2 Å². The van der Waals surface area contributed by atoms with E-state index in [1.807, 2.05) is 0 Å². The number of esters is 1. The van der Waals surface area contributed by atoms with Gasteiger partial charge in [0.15, 0.2) is 6.10 Å². The third kappa shape index (κ3) is 26.7. The van der Waals surface area contributed by atoms with Gasteiger partial charge in [-0.25, -0.2) is 4.79 Å². The summed E-state index contributed by atoms with van der Waals surface area (Å²) in [6, 6.07) is 2.77. The lowest BCUT2D eigenvalue weighted by Crippen LogP contribution is -2.19. The van der Waals surface area contributed by atoms with Gasteiger partial charge in [-0.1, -0.05) is 32.4 Å². The Kier molecular flexibility index (Phi) is 27.7. The van der Waals surface area contributed by atoms with Crippen molar-refractivity contribution in [3.63, 3.8) is 0 Å². The summed E-state index contributed by atoms with van der Waals surface area (Å²) in [4.78, 5) is 21.1. The van der Waals surface area contributed by atoms with Crippen LogP contribution in [0.2, 0.25) is 12.1 Å². The summed E-state index contributed by atoms with van der Waals surface area (Å²) in [5.41, 5.74) is 0. The van der Waals surface area contributed by atoms with Crippen molar-refractivity contribution in [2.24, 2.45) is 0 Å². The maximum atomic E-state index is 10.6. The summed E-state index contributed by atoms with van der Waals surface area (Å²) in [6.45, 7) is 5.92. The zero-order valence-corrected chi connectivity index (χ0v) is 33.2. The lowest BCUT2D eigenvalue weighted by Gasteiger charge is -2.07. The Morgan fingerprint density at radius 2 is 1.17 bits per heavy atom. The van der Waals surface area contributed by atoms with Gasteiger partial charge in [-0.3, -0.25) is 4.79 Å². The number of hydrogen-bond donors (Lipinski definition) is 0. The standard InChI is InChI=1S/C7H14O5Si.C7H14O2Si.C6H14O3Si.C5H12OSi.CH4/c8-7-11-4-6(12-7)3-9-1-2-10-5-13;8-7-4-3-6(9-7)2-1-5-10;10-5-8-2-1-7-3-6-4-9-6;7-3-1-2-5-4-6-5;/h6H,1-5H2,13H3;2*6H,1-5H2,10H3;5H,1-4H2,7H3;1H4. The summed E-state index contributed by atoms with van der Waals surface area (Å²) >= 11 is 0. The van der Waals surface area contributed by atoms with Crippen LogP contribution in [-0.4, -0.2) is 149 Å². The summed E-state index contributed by atoms with van der Waals surface area (Å²) in [6.07, 6.45) is 8.86. The number of carbonyl (C=O) groups excluding carboxylic acids is 2. The number of ether oxygens (including phenoxy) is 9. The topological polar surface area (TPSA) is 124 Å². The van der Waals surface area contributed by atoms with E-state index in [9.17, 15) is 9.59 Å². The Hall–Kier alpha value is -0.632. The first-order chi connectivity index (χ1) is 19.5. The minimum absolute atomic E-state index is 0. The van der Waals surface area contributed by atoms with Gasteiger partial charge in [0.1, 0.15) is 18.8 Å². The molecule has 0 amide bonds. The average Bonchev–Trinajstić information content (AvgIpc) is 3.88. The molecule has 0 aromatic carbocycles. The molecule has 0 radical (unpaired) electrons. The molecular formula is C26H58O11Si4. The fourth-order valence-electron chi connectivity index (χ4n) is 3.45. The number of epoxide rings is 2. The van der Waals surface area contributed by atoms with Crippen molar-refractivity contribution in [1.82, 2.24) is 0 Å². The van der Waals surface area contributed by atoms with Crippen molar-refractivity contribution in [2.45, 2.75) is 82.5 Å². The molecule has 0 bridgehead atoms. The highest BCUT2D eigenvalue weighted by molar-refractivity contribution is 6.08. The van der Waals surface area contributed by atoms with Gasteiger partial charge in [0.2, 0.25) is 0 Å². The minimum atomic E-state index is -0.607. The molecule has 4 atom stereocenters. The highest BCUT2D eigenvalue weighted by Crippen LogP contribution is 2.18. The Balaban J connectivity index is 0.000000526. The first kappa shape index (κ1) is 40.4. The van der Waals surface area contributed by atoms with Crippen LogP contribution in [0.4, 0.5) is 4.79 Å². The molecule has 41 heavy (non-hydrogen) atoms. The molecule has 4 saturated heterocycles. The lowest BCUT2D eigenvalue weighted by molar-refractivity contribution is -0.141. The molecule has 4 aliphatic heterocycles. The van der Waals surface area contributed by atoms with Crippen LogP contribution >= 0.6 is 0 Å². The summed E-state index contributed by atoms with van der Waals surface area (Å²) in [5.74, 6) is -0.00153. The van der Waals surface area contributed by atoms with Crippen molar-refractivity contribution in [2.75, 3.05) is 71.9 Å². The smallest absolute Gasteiger partial charge is 0.462 e. The van der Waals surface area contributed by atoms with Gasteiger partial charge in [-0.2, -0.15) is 0 Å². The SMILES string of the molecule is C.O=C1CCC(CCC[SiH3])O1.O=C1OCC(COCCOC[SiH3])O1.[SiH3]CCCC1CO1.[SiH3]COCCOCC1CO1. The maximum absolute atomic E-state index is 10.6. The minimum Gasteiger partial charge on any atom is -0.462 e. The van der Waals surface area contributed by atoms with Crippen molar-refractivity contribution in [1.29, 1.82) is 0 Å². The second kappa shape index (κ2) is 28.2. The predicted octanol–water partition coefficient (Wildman–Crippen LogP) is -1.54. The Morgan fingerprint density at radius 3 is 1.59 bits per heavy atom. The molecule has 0 aliphatic carbocycles. The zero-order valence-electron chi connectivity index (χ0n) is 25.2. The fourth-order valence-corrected chi connectivity index (χ4v) is 4.84. The largest absolute Gasteiger partial charge is 0.508 e. The molecule has 4 heterocycles. The molecule has 4 aliphatic rings. The molecule has 4 fully saturated rings. The summed E-state index contributed by atoms with van der Waals surface area (Å²) < 4.78 is 45.0. The van der Waals surface area contributed by atoms with Gasteiger partial charge in [0.05, 0.1) is 59.0 Å². The van der Waals surface area contributed by atoms with Crippen molar-refractivity contribution >= 4 is 53.1 Å². The van der Waals surface area contributed by atoms with Gasteiger partial charge in [-0.05, 0) is 19.3 Å². The van der Waals surface area contributed by atoms with E-state index in [-0.39, 0.29) is 25.6 Å². The number of rotatable bonds is 18. The number of carbonyl (C=O) groups is 2. The molecule has 0 spiro atoms. The molecule has 4 rings (SSSR count). The van der Waals surface area contributed by atoms with Gasteiger partial charge in [0.25, 0.3) is 0 Å². The van der Waals surface area contributed by atoms with Crippen LogP contribution in [0.15, 0.2) is 0 Å². The normalized spacial score (nSPS) is 23.5. The van der Waals surface area contributed by atoms with Crippen LogP contribution in [0.3, 0.4) is 0 Å². The highest BCUT2D eigenvalue weighted by Gasteiger charge is 2.25. The van der Waals surface area contributed by atoms with Gasteiger partial charge in [0, 0.05) is 59.9 Å². The second-order valence-electron chi connectivity index (χ2n) is 9.69. The van der Waals surface area contributed by atoms with Crippen LogP contribution in [0.25, 0.3) is 0 Å². The molecule has 0 saturated carbocycles. The molecule has 244 valence electrons. The molecule has 0 N–H and O–H groups in total. The third-order valence-corrected chi connectivity index (χ3v) is 8.17. The van der Waals surface area contributed by atoms with E-state index in [1.54, 1.807) is 0 Å². The Morgan fingerprint density at radius 1 is 0.659 bits per heavy atom. The Labute approximate surface area is 259 Å². The Bertz CT molecular complexity index is 628. The summed E-state index contributed by atoms with van der Waals surface area (Å²) in [7, 11) is 4.80. The third-order valence-electron chi connectivity index (χ3n) is 5.94. The maximum Gasteiger partial charge on any atom is 0.508 e. The van der Waals surface area contributed by atoms with E-state index in [0.717, 1.165) is 72.2 Å². The predicted molar refractivity (Wildman–Crippen MR) is 173 cm³/mol. The zero-order chi connectivity index (χ0) is 29.3. The molecular weight excluding hydrogens is 601 g/mol. The van der Waals surface area contributed by atoms with E-state index in [1.165, 1.54) is 51.8 Å². The van der Waals surface area contributed by atoms with Crippen molar-refractivity contribution in [3.8, 4) is 0 Å². The fraction of sp³-hybridized carbons (Fsp3) is 0.923. The lowest BCUT2D eigenvalue weighted by atomic mass is 10.1. The van der Waals surface area contributed by atoms with Crippen molar-refractivity contribution in [3.05, 3.63) is 0 Å². The van der Waals surface area contributed by atoms with Gasteiger partial charge < -0.3 is 42.6 Å². The number of hydrogen-bond acceptors (Lipinski definition) is 11. The van der Waals surface area contributed by atoms with E-state index < -0.39 is 6.16 Å². The number of cyclic esters (lactones) is 3. The van der Waals surface area contributed by atoms with Crippen LogP contribution < -0.4 is 0 Å². The van der Waals surface area contributed by atoms with Crippen LogP contribution in [0, 0.1) is 0 Å². The molecule has 0 aromatic rings. The van der Waals surface area contributed by atoms with E-state index in [2.05, 4.69) is 4.74 Å². The molecule has 11 nitrogen and oxygen atoms in total. The van der Waals surface area contributed by atoms with E-state index in [0.29, 0.717) is 51.7 Å². The quantitative estimate of drug-likeness (QED) is 0.0737. The van der Waals surface area contributed by atoms with Gasteiger partial charge in [-0.15, -0.1) is 0 Å². The first-order valence-corrected chi connectivity index (χ1v) is 20.7. The molecule has 4 unspecified atom stereocenters. The second-order valence-corrected chi connectivity index (χ2v) is 12.8. The van der Waals surface area contributed by atoms with Crippen LogP contribution in [0.5, 0.6) is 0 Å². The molecule has 15 heteroatoms. The van der Waals surface area contributed by atoms with E-state index in [4.69, 9.17) is 37.9 Å². The summed E-state index contributed by atoms with van der Waals surface area (Å²) in [5, 5.41) is 0.